The second kappa shape index (κ2) is 5.35. The van der Waals surface area contributed by atoms with E-state index in [-0.39, 0.29) is 18.4 Å². The molecule has 0 aromatic carbocycles. The van der Waals surface area contributed by atoms with Crippen LogP contribution < -0.4 is 10.6 Å². The number of hydrogen-bond acceptors (Lipinski definition) is 4. The van der Waals surface area contributed by atoms with E-state index in [0.717, 1.165) is 22.2 Å². The molecule has 4 amide bonds. The standard InChI is InChI=1S/C14H15BrN4O3/c1-14(8-2-3-8)12(21)19(13(22)18-14)7-11(20)17-10-5-4-9(15)6-16-10/h4-6,8H,2-3,7H2,1H3,(H,18,22)(H,16,17,20). The molecule has 8 heteroatoms. The van der Waals surface area contributed by atoms with Gasteiger partial charge >= 0.3 is 6.03 Å². The first-order valence-electron chi connectivity index (χ1n) is 6.95. The molecular formula is C14H15BrN4O3. The molecule has 1 aromatic rings. The Labute approximate surface area is 135 Å². The number of urea groups is 1. The van der Waals surface area contributed by atoms with Crippen LogP contribution in [0.2, 0.25) is 0 Å². The summed E-state index contributed by atoms with van der Waals surface area (Å²) in [6.45, 7) is 1.41. The van der Waals surface area contributed by atoms with E-state index >= 15 is 0 Å². The minimum Gasteiger partial charge on any atom is -0.323 e. The Balaban J connectivity index is 1.65. The van der Waals surface area contributed by atoms with E-state index in [1.165, 1.54) is 0 Å². The number of nitrogens with zero attached hydrogens (tertiary/aromatic N) is 2. The fraction of sp³-hybridized carbons (Fsp3) is 0.429. The SMILES string of the molecule is CC1(C2CC2)NC(=O)N(CC(=O)Nc2ccc(Br)cn2)C1=O. The maximum Gasteiger partial charge on any atom is 0.325 e. The molecule has 1 unspecified atom stereocenters. The second-order valence-corrected chi connectivity index (χ2v) is 6.62. The van der Waals surface area contributed by atoms with Crippen LogP contribution in [0.3, 0.4) is 0 Å². The van der Waals surface area contributed by atoms with Gasteiger partial charge in [0.25, 0.3) is 5.91 Å². The molecule has 2 heterocycles. The van der Waals surface area contributed by atoms with Crippen molar-refractivity contribution in [3.05, 3.63) is 22.8 Å². The number of aromatic nitrogens is 1. The molecule has 2 N–H and O–H groups in total. The monoisotopic (exact) mass is 366 g/mol. The Morgan fingerprint density at radius 3 is 2.82 bits per heavy atom. The molecule has 0 bridgehead atoms. The average Bonchev–Trinajstić information content (AvgIpc) is 3.28. The van der Waals surface area contributed by atoms with Crippen LogP contribution in [0.15, 0.2) is 22.8 Å². The highest BCUT2D eigenvalue weighted by atomic mass is 79.9. The van der Waals surface area contributed by atoms with Crippen molar-refractivity contribution < 1.29 is 14.4 Å². The van der Waals surface area contributed by atoms with Crippen molar-refractivity contribution in [3.8, 4) is 0 Å². The summed E-state index contributed by atoms with van der Waals surface area (Å²) in [5.74, 6) is -0.257. The van der Waals surface area contributed by atoms with E-state index in [4.69, 9.17) is 0 Å². The summed E-state index contributed by atoms with van der Waals surface area (Å²) in [6.07, 6.45) is 3.39. The van der Waals surface area contributed by atoms with Gasteiger partial charge in [-0.1, -0.05) is 0 Å². The van der Waals surface area contributed by atoms with Crippen LogP contribution >= 0.6 is 15.9 Å². The number of imide groups is 1. The van der Waals surface area contributed by atoms with Crippen LogP contribution in [0.5, 0.6) is 0 Å². The molecule has 1 saturated heterocycles. The Bertz CT molecular complexity index is 644. The van der Waals surface area contributed by atoms with Crippen LogP contribution in [0.25, 0.3) is 0 Å². The first kappa shape index (κ1) is 15.0. The Morgan fingerprint density at radius 1 is 1.50 bits per heavy atom. The number of nitrogens with one attached hydrogen (secondary N) is 2. The lowest BCUT2D eigenvalue weighted by Crippen LogP contribution is -2.46. The van der Waals surface area contributed by atoms with Crippen molar-refractivity contribution in [1.82, 2.24) is 15.2 Å². The zero-order valence-corrected chi connectivity index (χ0v) is 13.5. The van der Waals surface area contributed by atoms with E-state index in [1.54, 1.807) is 25.3 Å². The summed E-state index contributed by atoms with van der Waals surface area (Å²) in [6, 6.07) is 2.85. The van der Waals surface area contributed by atoms with Crippen LogP contribution in [0, 0.1) is 5.92 Å². The molecule has 3 rings (SSSR count). The van der Waals surface area contributed by atoms with Crippen molar-refractivity contribution in [1.29, 1.82) is 0 Å². The van der Waals surface area contributed by atoms with E-state index < -0.39 is 17.5 Å². The molecular weight excluding hydrogens is 352 g/mol. The van der Waals surface area contributed by atoms with Gasteiger partial charge < -0.3 is 10.6 Å². The lowest BCUT2D eigenvalue weighted by molar-refractivity contribution is -0.134. The molecule has 0 spiro atoms. The summed E-state index contributed by atoms with van der Waals surface area (Å²) in [7, 11) is 0. The van der Waals surface area contributed by atoms with Gasteiger partial charge in [0.15, 0.2) is 0 Å². The molecule has 7 nitrogen and oxygen atoms in total. The van der Waals surface area contributed by atoms with Gasteiger partial charge in [0.2, 0.25) is 5.91 Å². The van der Waals surface area contributed by atoms with Gasteiger partial charge in [0, 0.05) is 10.7 Å². The molecule has 1 aromatic heterocycles. The summed E-state index contributed by atoms with van der Waals surface area (Å²) in [4.78, 5) is 41.3. The highest BCUT2D eigenvalue weighted by Gasteiger charge is 2.56. The van der Waals surface area contributed by atoms with E-state index in [0.29, 0.717) is 5.82 Å². The second-order valence-electron chi connectivity index (χ2n) is 5.71. The maximum absolute atomic E-state index is 12.4. The molecule has 2 fully saturated rings. The fourth-order valence-corrected chi connectivity index (χ4v) is 2.81. The molecule has 22 heavy (non-hydrogen) atoms. The predicted molar refractivity (Wildman–Crippen MR) is 81.9 cm³/mol. The zero-order valence-electron chi connectivity index (χ0n) is 11.9. The van der Waals surface area contributed by atoms with E-state index in [9.17, 15) is 14.4 Å². The van der Waals surface area contributed by atoms with Gasteiger partial charge in [-0.25, -0.2) is 9.78 Å². The topological polar surface area (TPSA) is 91.4 Å². The summed E-state index contributed by atoms with van der Waals surface area (Å²) in [5.41, 5.74) is -0.868. The number of carbonyl (C=O) groups excluding carboxylic acids is 3. The molecule has 1 atom stereocenters. The van der Waals surface area contributed by atoms with Crippen molar-refractivity contribution in [3.63, 3.8) is 0 Å². The Kier molecular flexibility index (Phi) is 3.64. The fourth-order valence-electron chi connectivity index (χ4n) is 2.57. The molecule has 1 aliphatic heterocycles. The van der Waals surface area contributed by atoms with Crippen LogP contribution in [-0.2, 0) is 9.59 Å². The van der Waals surface area contributed by atoms with Crippen LogP contribution in [-0.4, -0.2) is 39.8 Å². The highest BCUT2D eigenvalue weighted by molar-refractivity contribution is 9.10. The average molecular weight is 367 g/mol. The highest BCUT2D eigenvalue weighted by Crippen LogP contribution is 2.42. The predicted octanol–water partition coefficient (Wildman–Crippen LogP) is 1.50. The number of amides is 4. The lowest BCUT2D eigenvalue weighted by atomic mass is 9.96. The van der Waals surface area contributed by atoms with Crippen LogP contribution in [0.1, 0.15) is 19.8 Å². The maximum atomic E-state index is 12.4. The van der Waals surface area contributed by atoms with Gasteiger partial charge in [-0.05, 0) is 53.7 Å². The zero-order chi connectivity index (χ0) is 15.9. The largest absolute Gasteiger partial charge is 0.325 e. The third-order valence-corrected chi connectivity index (χ3v) is 4.46. The van der Waals surface area contributed by atoms with Gasteiger partial charge in [0.05, 0.1) is 0 Å². The summed E-state index contributed by atoms with van der Waals surface area (Å²) < 4.78 is 0.791. The first-order valence-corrected chi connectivity index (χ1v) is 7.75. The third-order valence-electron chi connectivity index (χ3n) is 3.99. The number of anilines is 1. The van der Waals surface area contributed by atoms with Crippen molar-refractivity contribution in [2.24, 2.45) is 5.92 Å². The van der Waals surface area contributed by atoms with Crippen molar-refractivity contribution >= 4 is 39.6 Å². The minimum atomic E-state index is -0.868. The number of halogens is 1. The molecule has 1 aliphatic carbocycles. The Hall–Kier alpha value is -1.96. The van der Waals surface area contributed by atoms with Crippen LogP contribution in [0.4, 0.5) is 10.6 Å². The minimum absolute atomic E-state index is 0.171. The molecule has 1 saturated carbocycles. The van der Waals surface area contributed by atoms with Gasteiger partial charge in [-0.2, -0.15) is 0 Å². The van der Waals surface area contributed by atoms with E-state index in [2.05, 4.69) is 31.5 Å². The summed E-state index contributed by atoms with van der Waals surface area (Å²) >= 11 is 3.25. The summed E-state index contributed by atoms with van der Waals surface area (Å²) in [5, 5.41) is 5.27. The van der Waals surface area contributed by atoms with Crippen molar-refractivity contribution in [2.45, 2.75) is 25.3 Å². The number of carbonyl (C=O) groups is 3. The number of pyridine rings is 1. The molecule has 2 aliphatic rings. The first-order chi connectivity index (χ1) is 10.4. The van der Waals surface area contributed by atoms with Crippen molar-refractivity contribution in [2.75, 3.05) is 11.9 Å². The van der Waals surface area contributed by atoms with Gasteiger partial charge in [-0.15, -0.1) is 0 Å². The van der Waals surface area contributed by atoms with Gasteiger partial charge in [0.1, 0.15) is 17.9 Å². The molecule has 0 radical (unpaired) electrons. The third kappa shape index (κ3) is 2.70. The number of rotatable bonds is 4. The number of hydrogen-bond donors (Lipinski definition) is 2. The van der Waals surface area contributed by atoms with E-state index in [1.807, 2.05) is 0 Å². The quantitative estimate of drug-likeness (QED) is 0.790. The Morgan fingerprint density at radius 2 is 2.23 bits per heavy atom. The van der Waals surface area contributed by atoms with Gasteiger partial charge in [-0.3, -0.25) is 14.5 Å². The smallest absolute Gasteiger partial charge is 0.323 e. The normalized spacial score (nSPS) is 24.4. The lowest BCUT2D eigenvalue weighted by Gasteiger charge is -2.20. The molecule has 116 valence electrons.